The summed E-state index contributed by atoms with van der Waals surface area (Å²) >= 11 is 6.06. The van der Waals surface area contributed by atoms with Crippen molar-refractivity contribution in [2.75, 3.05) is 5.32 Å². The molecule has 0 saturated heterocycles. The third-order valence-corrected chi connectivity index (χ3v) is 4.10. The number of aryl methyl sites for hydroxylation is 2. The van der Waals surface area contributed by atoms with Gasteiger partial charge < -0.3 is 9.84 Å². The van der Waals surface area contributed by atoms with Crippen LogP contribution in [0.5, 0.6) is 0 Å². The normalized spacial score (nSPS) is 10.6. The van der Waals surface area contributed by atoms with Crippen LogP contribution in [0.1, 0.15) is 16.8 Å². The third kappa shape index (κ3) is 3.84. The fourth-order valence-corrected chi connectivity index (χ4v) is 2.47. The standard InChI is InChI=1S/C19H17ClN2O2/c1-12-3-6-14(7-4-12)18-10-16(22-24-18)11-19(23)21-15-8-5-13(2)17(20)9-15/h3-10H,11H2,1-2H3,(H,21,23). The van der Waals surface area contributed by atoms with Gasteiger partial charge in [0.2, 0.25) is 5.91 Å². The van der Waals surface area contributed by atoms with Gasteiger partial charge in [0, 0.05) is 22.3 Å². The smallest absolute Gasteiger partial charge is 0.230 e. The van der Waals surface area contributed by atoms with Crippen molar-refractivity contribution in [3.63, 3.8) is 0 Å². The number of carbonyl (C=O) groups is 1. The molecule has 0 aliphatic rings. The van der Waals surface area contributed by atoms with E-state index >= 15 is 0 Å². The van der Waals surface area contributed by atoms with Crippen molar-refractivity contribution in [2.24, 2.45) is 0 Å². The number of carbonyl (C=O) groups excluding carboxylic acids is 1. The predicted molar refractivity (Wildman–Crippen MR) is 95.2 cm³/mol. The lowest BCUT2D eigenvalue weighted by Gasteiger charge is -2.05. The monoisotopic (exact) mass is 340 g/mol. The highest BCUT2D eigenvalue weighted by atomic mass is 35.5. The van der Waals surface area contributed by atoms with Gasteiger partial charge in [0.1, 0.15) is 0 Å². The highest BCUT2D eigenvalue weighted by Gasteiger charge is 2.11. The van der Waals surface area contributed by atoms with E-state index in [0.29, 0.717) is 22.2 Å². The average molecular weight is 341 g/mol. The van der Waals surface area contributed by atoms with E-state index in [1.165, 1.54) is 5.56 Å². The Morgan fingerprint density at radius 1 is 1.12 bits per heavy atom. The number of hydrogen-bond acceptors (Lipinski definition) is 3. The molecule has 1 heterocycles. The van der Waals surface area contributed by atoms with Gasteiger partial charge in [0.15, 0.2) is 5.76 Å². The van der Waals surface area contributed by atoms with Crippen molar-refractivity contribution in [3.05, 3.63) is 70.4 Å². The van der Waals surface area contributed by atoms with E-state index in [9.17, 15) is 4.79 Å². The molecular weight excluding hydrogens is 324 g/mol. The molecule has 0 unspecified atom stereocenters. The first-order chi connectivity index (χ1) is 11.5. The van der Waals surface area contributed by atoms with Gasteiger partial charge in [-0.15, -0.1) is 0 Å². The maximum Gasteiger partial charge on any atom is 0.230 e. The van der Waals surface area contributed by atoms with Crippen LogP contribution in [-0.4, -0.2) is 11.1 Å². The zero-order valence-corrected chi connectivity index (χ0v) is 14.2. The van der Waals surface area contributed by atoms with Crippen molar-refractivity contribution in [1.29, 1.82) is 0 Å². The van der Waals surface area contributed by atoms with E-state index in [1.54, 1.807) is 12.1 Å². The second-order valence-corrected chi connectivity index (χ2v) is 6.14. The van der Waals surface area contributed by atoms with Crippen molar-refractivity contribution >= 4 is 23.2 Å². The summed E-state index contributed by atoms with van der Waals surface area (Å²) in [4.78, 5) is 12.1. The first-order valence-electron chi connectivity index (χ1n) is 7.60. The Hall–Kier alpha value is -2.59. The first-order valence-corrected chi connectivity index (χ1v) is 7.98. The molecule has 0 spiro atoms. The van der Waals surface area contributed by atoms with Gasteiger partial charge in [-0.1, -0.05) is 52.7 Å². The minimum Gasteiger partial charge on any atom is -0.356 e. The molecule has 0 saturated carbocycles. The van der Waals surface area contributed by atoms with E-state index in [0.717, 1.165) is 11.1 Å². The molecule has 0 aliphatic carbocycles. The zero-order valence-electron chi connectivity index (χ0n) is 13.5. The summed E-state index contributed by atoms with van der Waals surface area (Å²) in [6.45, 7) is 3.94. The van der Waals surface area contributed by atoms with Gasteiger partial charge in [0.25, 0.3) is 0 Å². The number of nitrogens with zero attached hydrogens (tertiary/aromatic N) is 1. The second kappa shape index (κ2) is 6.89. The number of amides is 1. The van der Waals surface area contributed by atoms with Crippen molar-refractivity contribution < 1.29 is 9.32 Å². The second-order valence-electron chi connectivity index (χ2n) is 5.74. The molecular formula is C19H17ClN2O2. The van der Waals surface area contributed by atoms with Crippen LogP contribution in [0.2, 0.25) is 5.02 Å². The first kappa shape index (κ1) is 16.3. The molecule has 0 radical (unpaired) electrons. The van der Waals surface area contributed by atoms with E-state index in [4.69, 9.17) is 16.1 Å². The van der Waals surface area contributed by atoms with E-state index in [-0.39, 0.29) is 12.3 Å². The van der Waals surface area contributed by atoms with E-state index in [1.807, 2.05) is 50.2 Å². The number of benzene rings is 2. The summed E-state index contributed by atoms with van der Waals surface area (Å²) < 4.78 is 5.33. The van der Waals surface area contributed by atoms with Crippen LogP contribution in [0.3, 0.4) is 0 Å². The molecule has 0 atom stereocenters. The van der Waals surface area contributed by atoms with Gasteiger partial charge in [-0.05, 0) is 31.5 Å². The van der Waals surface area contributed by atoms with Gasteiger partial charge in [-0.3, -0.25) is 4.79 Å². The van der Waals surface area contributed by atoms with Crippen molar-refractivity contribution in [1.82, 2.24) is 5.16 Å². The number of anilines is 1. The zero-order chi connectivity index (χ0) is 17.1. The fraction of sp³-hybridized carbons (Fsp3) is 0.158. The fourth-order valence-electron chi connectivity index (χ4n) is 2.29. The minimum absolute atomic E-state index is 0.140. The van der Waals surface area contributed by atoms with Crippen molar-refractivity contribution in [3.8, 4) is 11.3 Å². The summed E-state index contributed by atoms with van der Waals surface area (Å²) in [7, 11) is 0. The molecule has 3 aromatic rings. The molecule has 3 rings (SSSR count). The van der Waals surface area contributed by atoms with Crippen molar-refractivity contribution in [2.45, 2.75) is 20.3 Å². The maximum atomic E-state index is 12.1. The molecule has 5 heteroatoms. The lowest BCUT2D eigenvalue weighted by molar-refractivity contribution is -0.115. The highest BCUT2D eigenvalue weighted by Crippen LogP contribution is 2.22. The molecule has 1 N–H and O–H groups in total. The summed E-state index contributed by atoms with van der Waals surface area (Å²) in [5.74, 6) is 0.481. The van der Waals surface area contributed by atoms with E-state index < -0.39 is 0 Å². The topological polar surface area (TPSA) is 55.1 Å². The van der Waals surface area contributed by atoms with Crippen LogP contribution in [0.4, 0.5) is 5.69 Å². The molecule has 122 valence electrons. The molecule has 4 nitrogen and oxygen atoms in total. The van der Waals surface area contributed by atoms with Gasteiger partial charge in [0.05, 0.1) is 12.1 Å². The molecule has 1 amide bonds. The van der Waals surface area contributed by atoms with Crippen LogP contribution in [-0.2, 0) is 11.2 Å². The molecule has 24 heavy (non-hydrogen) atoms. The number of hydrogen-bond donors (Lipinski definition) is 1. The number of rotatable bonds is 4. The Bertz CT molecular complexity index is 869. The van der Waals surface area contributed by atoms with Crippen LogP contribution in [0.15, 0.2) is 53.1 Å². The molecule has 0 fully saturated rings. The Kier molecular flexibility index (Phi) is 4.67. The van der Waals surface area contributed by atoms with Crippen LogP contribution >= 0.6 is 11.6 Å². The highest BCUT2D eigenvalue weighted by molar-refractivity contribution is 6.31. The Labute approximate surface area is 145 Å². The lowest BCUT2D eigenvalue weighted by atomic mass is 10.1. The molecule has 0 bridgehead atoms. The maximum absolute atomic E-state index is 12.1. The molecule has 2 aromatic carbocycles. The predicted octanol–water partition coefficient (Wildman–Crippen LogP) is 4.79. The lowest BCUT2D eigenvalue weighted by Crippen LogP contribution is -2.14. The molecule has 0 aliphatic heterocycles. The van der Waals surface area contributed by atoms with Gasteiger partial charge in [-0.2, -0.15) is 0 Å². The minimum atomic E-state index is -0.168. The van der Waals surface area contributed by atoms with Gasteiger partial charge >= 0.3 is 0 Å². The summed E-state index contributed by atoms with van der Waals surface area (Å²) in [5.41, 5.74) is 4.33. The molecule has 1 aromatic heterocycles. The third-order valence-electron chi connectivity index (χ3n) is 3.69. The van der Waals surface area contributed by atoms with Crippen LogP contribution in [0.25, 0.3) is 11.3 Å². The number of halogens is 1. The number of aromatic nitrogens is 1. The largest absolute Gasteiger partial charge is 0.356 e. The quantitative estimate of drug-likeness (QED) is 0.742. The average Bonchev–Trinajstić information content (AvgIpc) is 3.00. The summed E-state index contributed by atoms with van der Waals surface area (Å²) in [6, 6.07) is 15.1. The van der Waals surface area contributed by atoms with E-state index in [2.05, 4.69) is 10.5 Å². The Morgan fingerprint density at radius 3 is 2.58 bits per heavy atom. The van der Waals surface area contributed by atoms with Gasteiger partial charge in [-0.25, -0.2) is 0 Å². The Morgan fingerprint density at radius 2 is 1.88 bits per heavy atom. The van der Waals surface area contributed by atoms with Crippen LogP contribution in [0, 0.1) is 13.8 Å². The SMILES string of the molecule is Cc1ccc(-c2cc(CC(=O)Nc3ccc(C)c(Cl)c3)no2)cc1. The van der Waals surface area contributed by atoms with Crippen LogP contribution < -0.4 is 5.32 Å². The summed E-state index contributed by atoms with van der Waals surface area (Å²) in [5, 5.41) is 7.40. The summed E-state index contributed by atoms with van der Waals surface area (Å²) in [6.07, 6.45) is 0.140. The Balaban J connectivity index is 1.66. The number of nitrogens with one attached hydrogen (secondary N) is 1.